The summed E-state index contributed by atoms with van der Waals surface area (Å²) in [5.74, 6) is -0.786. The Kier molecular flexibility index (Phi) is 9.00. The van der Waals surface area contributed by atoms with Gasteiger partial charge >= 0.3 is 21.9 Å². The van der Waals surface area contributed by atoms with E-state index in [1.165, 1.54) is 31.4 Å². The topological polar surface area (TPSA) is 132 Å². The van der Waals surface area contributed by atoms with Crippen molar-refractivity contribution in [3.05, 3.63) is 59.2 Å². The minimum atomic E-state index is -4.64. The summed E-state index contributed by atoms with van der Waals surface area (Å²) >= 11 is 0. The number of hydrogen-bond acceptors (Lipinski definition) is 7. The van der Waals surface area contributed by atoms with E-state index in [2.05, 4.69) is 4.90 Å². The SMILES string of the molecule is C1CC1.CCN(CCCCCC(=O)O)c1ccc2cc(-c3cc[n+](S(=O)(=O)[O-])cc3)c(=O)oc2c1. The Bertz CT molecular complexity index is 1310. The molecule has 0 unspecified atom stereocenters. The smallest absolute Gasteiger partial charge is 0.344 e. The van der Waals surface area contributed by atoms with Gasteiger partial charge in [0.05, 0.1) is 5.56 Å². The number of rotatable bonds is 10. The Hall–Kier alpha value is -3.24. The molecular formula is C25H30N2O7S. The molecule has 0 aliphatic heterocycles. The van der Waals surface area contributed by atoms with E-state index in [9.17, 15) is 22.6 Å². The van der Waals surface area contributed by atoms with Crippen LogP contribution in [0.5, 0.6) is 0 Å². The van der Waals surface area contributed by atoms with Gasteiger partial charge in [0.1, 0.15) is 5.58 Å². The molecule has 1 aromatic carbocycles. The van der Waals surface area contributed by atoms with Crippen molar-refractivity contribution >= 4 is 32.9 Å². The largest absolute Gasteiger partial charge is 0.693 e. The van der Waals surface area contributed by atoms with E-state index in [0.29, 0.717) is 26.9 Å². The number of unbranched alkanes of at least 4 members (excludes halogenated alkanes) is 2. The molecule has 2 heterocycles. The number of aliphatic carboxylic acids is 1. The molecule has 4 rings (SSSR count). The standard InChI is InChI=1S/C22H24N2O7S.C3H6/c1-2-23(11-5-3-4-6-21(25)26)18-8-7-17-14-19(22(27)31-20(17)15-18)16-9-12-24(13-10-16)32(28,29)30;1-2-3-1/h7-10,12-15H,2-6,11H2,1H3,(H-,25,26,28,29,30);1-3H2. The van der Waals surface area contributed by atoms with Crippen LogP contribution in [0, 0.1) is 0 Å². The van der Waals surface area contributed by atoms with Crippen LogP contribution in [-0.4, -0.2) is 37.1 Å². The number of benzene rings is 1. The number of pyridine rings is 1. The third-order valence-corrected chi connectivity index (χ3v) is 6.27. The van der Waals surface area contributed by atoms with Crippen molar-refractivity contribution in [3.8, 4) is 11.1 Å². The number of fused-ring (bicyclic) bond motifs is 1. The fourth-order valence-corrected chi connectivity index (χ4v) is 3.88. The van der Waals surface area contributed by atoms with Gasteiger partial charge in [0.15, 0.2) is 12.4 Å². The van der Waals surface area contributed by atoms with E-state index in [1.54, 1.807) is 12.1 Å². The Morgan fingerprint density at radius 3 is 2.34 bits per heavy atom. The zero-order valence-electron chi connectivity index (χ0n) is 19.7. The van der Waals surface area contributed by atoms with Crippen LogP contribution in [0.1, 0.15) is 51.9 Å². The monoisotopic (exact) mass is 502 g/mol. The van der Waals surface area contributed by atoms with Crippen molar-refractivity contribution in [1.29, 1.82) is 0 Å². The minimum absolute atomic E-state index is 0.170. The lowest BCUT2D eigenvalue weighted by Gasteiger charge is -2.23. The van der Waals surface area contributed by atoms with E-state index in [4.69, 9.17) is 9.52 Å². The van der Waals surface area contributed by atoms with Gasteiger partial charge in [-0.05, 0) is 38.0 Å². The quantitative estimate of drug-likeness (QED) is 0.192. The highest BCUT2D eigenvalue weighted by Gasteiger charge is 2.14. The fraction of sp³-hybridized carbons (Fsp3) is 0.400. The van der Waals surface area contributed by atoms with Gasteiger partial charge in [-0.3, -0.25) is 4.79 Å². The first-order valence-electron chi connectivity index (χ1n) is 11.7. The normalized spacial score (nSPS) is 12.6. The average Bonchev–Trinajstić information content (AvgIpc) is 3.70. The Morgan fingerprint density at radius 2 is 1.77 bits per heavy atom. The molecule has 1 aliphatic carbocycles. The predicted octanol–water partition coefficient (Wildman–Crippen LogP) is 3.70. The summed E-state index contributed by atoms with van der Waals surface area (Å²) < 4.78 is 39.2. The average molecular weight is 503 g/mol. The second-order valence-electron chi connectivity index (χ2n) is 8.39. The number of aromatic nitrogens is 1. The number of carboxylic acids is 1. The Labute approximate surface area is 204 Å². The van der Waals surface area contributed by atoms with Gasteiger partial charge in [0.25, 0.3) is 0 Å². The third-order valence-electron chi connectivity index (χ3n) is 5.51. The van der Waals surface area contributed by atoms with Crippen LogP contribution in [0.4, 0.5) is 5.69 Å². The van der Waals surface area contributed by atoms with E-state index in [0.717, 1.165) is 44.0 Å². The van der Waals surface area contributed by atoms with Crippen molar-refractivity contribution in [1.82, 2.24) is 0 Å². The Morgan fingerprint density at radius 1 is 1.09 bits per heavy atom. The summed E-state index contributed by atoms with van der Waals surface area (Å²) in [5.41, 5.74) is 1.44. The van der Waals surface area contributed by atoms with Crippen LogP contribution >= 0.6 is 0 Å². The maximum Gasteiger partial charge on any atom is 0.344 e. The van der Waals surface area contributed by atoms with Crippen molar-refractivity contribution < 1.29 is 31.3 Å². The molecule has 3 aromatic rings. The zero-order valence-corrected chi connectivity index (χ0v) is 20.5. The van der Waals surface area contributed by atoms with Crippen molar-refractivity contribution in [2.24, 2.45) is 0 Å². The van der Waals surface area contributed by atoms with E-state index < -0.39 is 21.9 Å². The highest BCUT2D eigenvalue weighted by Crippen LogP contribution is 2.25. The number of nitrogens with zero attached hydrogens (tertiary/aromatic N) is 2. The second-order valence-corrected chi connectivity index (χ2v) is 9.67. The molecule has 1 saturated carbocycles. The molecule has 10 heteroatoms. The molecule has 0 bridgehead atoms. The highest BCUT2D eigenvalue weighted by molar-refractivity contribution is 7.78. The molecular weight excluding hydrogens is 472 g/mol. The first-order chi connectivity index (χ1) is 16.7. The van der Waals surface area contributed by atoms with E-state index in [1.807, 2.05) is 19.1 Å². The van der Waals surface area contributed by atoms with Crippen molar-refractivity contribution in [2.75, 3.05) is 18.0 Å². The summed E-state index contributed by atoms with van der Waals surface area (Å²) in [5, 5.41) is 9.42. The second kappa shape index (κ2) is 11.9. The summed E-state index contributed by atoms with van der Waals surface area (Å²) in [7, 11) is -4.64. The molecule has 9 nitrogen and oxygen atoms in total. The molecule has 35 heavy (non-hydrogen) atoms. The summed E-state index contributed by atoms with van der Waals surface area (Å²) in [6.45, 7) is 3.53. The van der Waals surface area contributed by atoms with Crippen LogP contribution in [-0.2, 0) is 15.1 Å². The number of carbonyl (C=O) groups is 1. The summed E-state index contributed by atoms with van der Waals surface area (Å²) in [6.07, 6.45) is 9.15. The van der Waals surface area contributed by atoms with Gasteiger partial charge in [0, 0.05) is 54.3 Å². The van der Waals surface area contributed by atoms with E-state index in [-0.39, 0.29) is 12.0 Å². The lowest BCUT2D eigenvalue weighted by Crippen LogP contribution is -2.41. The Balaban J connectivity index is 0.00000106. The van der Waals surface area contributed by atoms with Gasteiger partial charge in [-0.1, -0.05) is 25.7 Å². The van der Waals surface area contributed by atoms with Crippen LogP contribution in [0.2, 0.25) is 0 Å². The molecule has 0 spiro atoms. The number of anilines is 1. The van der Waals surface area contributed by atoms with Gasteiger partial charge in [-0.15, -0.1) is 3.97 Å². The first-order valence-corrected chi connectivity index (χ1v) is 13.1. The molecule has 0 saturated heterocycles. The summed E-state index contributed by atoms with van der Waals surface area (Å²) in [6, 6.07) is 9.96. The number of hydrogen-bond donors (Lipinski definition) is 1. The lowest BCUT2D eigenvalue weighted by molar-refractivity contribution is -0.519. The van der Waals surface area contributed by atoms with Gasteiger partial charge < -0.3 is 19.0 Å². The molecule has 1 N–H and O–H groups in total. The van der Waals surface area contributed by atoms with Crippen molar-refractivity contribution in [3.63, 3.8) is 0 Å². The zero-order chi connectivity index (χ0) is 25.4. The first kappa shape index (κ1) is 26.4. The molecule has 1 fully saturated rings. The highest BCUT2D eigenvalue weighted by atomic mass is 32.2. The molecule has 188 valence electrons. The number of carboxylic acid groups (broad SMARTS) is 1. The maximum absolute atomic E-state index is 12.6. The summed E-state index contributed by atoms with van der Waals surface area (Å²) in [4.78, 5) is 25.3. The minimum Gasteiger partial charge on any atom is -0.693 e. The lowest BCUT2D eigenvalue weighted by atomic mass is 10.1. The molecule has 1 aliphatic rings. The molecule has 2 aromatic heterocycles. The maximum atomic E-state index is 12.6. The van der Waals surface area contributed by atoms with Crippen LogP contribution < -0.4 is 14.5 Å². The molecule has 0 atom stereocenters. The van der Waals surface area contributed by atoms with E-state index >= 15 is 0 Å². The van der Waals surface area contributed by atoms with Crippen LogP contribution in [0.15, 0.2) is 58.0 Å². The fourth-order valence-electron chi connectivity index (χ4n) is 3.46. The third kappa shape index (κ3) is 7.90. The van der Waals surface area contributed by atoms with Gasteiger partial charge in [-0.25, -0.2) is 4.79 Å². The van der Waals surface area contributed by atoms with Gasteiger partial charge in [0.2, 0.25) is 0 Å². The van der Waals surface area contributed by atoms with Gasteiger partial charge in [-0.2, -0.15) is 8.42 Å². The molecule has 0 radical (unpaired) electrons. The van der Waals surface area contributed by atoms with Crippen LogP contribution in [0.3, 0.4) is 0 Å². The van der Waals surface area contributed by atoms with Crippen LogP contribution in [0.25, 0.3) is 22.1 Å². The molecule has 0 amide bonds. The van der Waals surface area contributed by atoms with Crippen molar-refractivity contribution in [2.45, 2.75) is 51.9 Å². The predicted molar refractivity (Wildman–Crippen MR) is 131 cm³/mol.